The highest BCUT2D eigenvalue weighted by Crippen LogP contribution is 2.37. The van der Waals surface area contributed by atoms with E-state index in [0.717, 1.165) is 26.7 Å². The van der Waals surface area contributed by atoms with Crippen LogP contribution in [0.25, 0.3) is 22.2 Å². The number of ether oxygens (including phenoxy) is 1. The lowest BCUT2D eigenvalue weighted by molar-refractivity contribution is 0.408. The lowest BCUT2D eigenvalue weighted by atomic mass is 10.1. The Morgan fingerprint density at radius 2 is 2.05 bits per heavy atom. The number of hydrogen-bond acceptors (Lipinski definition) is 3. The fourth-order valence-corrected chi connectivity index (χ4v) is 2.50. The average Bonchev–Trinajstić information content (AvgIpc) is 2.81. The van der Waals surface area contributed by atoms with Crippen LogP contribution in [0, 0.1) is 0 Å². The molecule has 0 radical (unpaired) electrons. The molecule has 1 heterocycles. The summed E-state index contributed by atoms with van der Waals surface area (Å²) in [5, 5.41) is 5.55. The molecule has 0 unspecified atom stereocenters. The first-order valence-corrected chi connectivity index (χ1v) is 6.75. The minimum Gasteiger partial charge on any atom is -0.496 e. The fourth-order valence-electron chi connectivity index (χ4n) is 1.97. The van der Waals surface area contributed by atoms with Gasteiger partial charge in [0, 0.05) is 9.50 Å². The first-order chi connectivity index (χ1) is 9.19. The molecule has 3 rings (SSSR count). The number of methoxy groups -OCH3 is 1. The zero-order chi connectivity index (χ0) is 13.4. The van der Waals surface area contributed by atoms with Crippen molar-refractivity contribution in [3.05, 3.63) is 45.9 Å². The Balaban J connectivity index is 2.29. The molecule has 19 heavy (non-hydrogen) atoms. The van der Waals surface area contributed by atoms with Crippen LogP contribution in [0.5, 0.6) is 5.75 Å². The summed E-state index contributed by atoms with van der Waals surface area (Å²) >= 11 is 9.48. The van der Waals surface area contributed by atoms with Gasteiger partial charge in [0.2, 0.25) is 0 Å². The Kier molecular flexibility index (Phi) is 3.21. The molecule has 3 nitrogen and oxygen atoms in total. The molecule has 0 fully saturated rings. The molecule has 0 aliphatic carbocycles. The van der Waals surface area contributed by atoms with Gasteiger partial charge in [-0.3, -0.25) is 0 Å². The maximum absolute atomic E-state index is 6.03. The standard InChI is InChI=1S/C14H9BrClNO2/c1-18-13-5-2-8(15)6-11(13)14-10-7-9(16)3-4-12(10)17-19-14/h2-7H,1H3. The number of rotatable bonds is 2. The van der Waals surface area contributed by atoms with Gasteiger partial charge in [-0.05, 0) is 36.4 Å². The summed E-state index contributed by atoms with van der Waals surface area (Å²) in [6, 6.07) is 11.2. The van der Waals surface area contributed by atoms with Gasteiger partial charge in [0.15, 0.2) is 5.76 Å². The number of aromatic nitrogens is 1. The van der Waals surface area contributed by atoms with Crippen LogP contribution in [0.2, 0.25) is 5.02 Å². The van der Waals surface area contributed by atoms with Gasteiger partial charge in [0.1, 0.15) is 11.3 Å². The van der Waals surface area contributed by atoms with Gasteiger partial charge in [0.25, 0.3) is 0 Å². The average molecular weight is 339 g/mol. The van der Waals surface area contributed by atoms with Gasteiger partial charge in [-0.15, -0.1) is 0 Å². The SMILES string of the molecule is COc1ccc(Br)cc1-c1onc2ccc(Cl)cc12. The highest BCUT2D eigenvalue weighted by Gasteiger charge is 2.15. The Morgan fingerprint density at radius 3 is 2.84 bits per heavy atom. The molecule has 0 saturated carbocycles. The number of benzene rings is 2. The number of nitrogens with zero attached hydrogens (tertiary/aromatic N) is 1. The summed E-state index contributed by atoms with van der Waals surface area (Å²) in [7, 11) is 1.62. The number of fused-ring (bicyclic) bond motifs is 1. The van der Waals surface area contributed by atoms with E-state index in [9.17, 15) is 0 Å². The first-order valence-electron chi connectivity index (χ1n) is 5.58. The van der Waals surface area contributed by atoms with E-state index in [4.69, 9.17) is 20.9 Å². The third kappa shape index (κ3) is 2.22. The molecule has 0 aliphatic rings. The van der Waals surface area contributed by atoms with Crippen molar-refractivity contribution in [1.82, 2.24) is 5.16 Å². The lowest BCUT2D eigenvalue weighted by Gasteiger charge is -2.06. The molecule has 0 aliphatic heterocycles. The zero-order valence-electron chi connectivity index (χ0n) is 9.98. The molecule has 96 valence electrons. The van der Waals surface area contributed by atoms with Gasteiger partial charge < -0.3 is 9.26 Å². The van der Waals surface area contributed by atoms with Crippen molar-refractivity contribution in [1.29, 1.82) is 0 Å². The Labute approximate surface area is 123 Å². The minimum atomic E-state index is 0.644. The van der Waals surface area contributed by atoms with Crippen LogP contribution in [0.4, 0.5) is 0 Å². The molecule has 0 bridgehead atoms. The molecule has 2 aromatic carbocycles. The van der Waals surface area contributed by atoms with E-state index in [0.29, 0.717) is 10.8 Å². The van der Waals surface area contributed by atoms with E-state index in [1.807, 2.05) is 30.3 Å². The van der Waals surface area contributed by atoms with Crippen molar-refractivity contribution in [3.8, 4) is 17.1 Å². The van der Waals surface area contributed by atoms with Crippen molar-refractivity contribution < 1.29 is 9.26 Å². The lowest BCUT2D eigenvalue weighted by Crippen LogP contribution is -1.87. The van der Waals surface area contributed by atoms with Crippen molar-refractivity contribution in [2.75, 3.05) is 7.11 Å². The summed E-state index contributed by atoms with van der Waals surface area (Å²) in [4.78, 5) is 0. The van der Waals surface area contributed by atoms with Gasteiger partial charge in [-0.25, -0.2) is 0 Å². The minimum absolute atomic E-state index is 0.644. The van der Waals surface area contributed by atoms with E-state index in [-0.39, 0.29) is 0 Å². The Bertz CT molecular complexity index is 754. The monoisotopic (exact) mass is 337 g/mol. The maximum Gasteiger partial charge on any atom is 0.178 e. The zero-order valence-corrected chi connectivity index (χ0v) is 12.3. The molecule has 0 atom stereocenters. The van der Waals surface area contributed by atoms with E-state index < -0.39 is 0 Å². The second-order valence-corrected chi connectivity index (χ2v) is 5.37. The quantitative estimate of drug-likeness (QED) is 0.665. The first kappa shape index (κ1) is 12.5. The van der Waals surface area contributed by atoms with E-state index in [1.165, 1.54) is 0 Å². The van der Waals surface area contributed by atoms with Gasteiger partial charge >= 0.3 is 0 Å². The maximum atomic E-state index is 6.03. The van der Waals surface area contributed by atoms with Crippen molar-refractivity contribution >= 4 is 38.4 Å². The molecule has 0 N–H and O–H groups in total. The summed E-state index contributed by atoms with van der Waals surface area (Å²) in [5.74, 6) is 1.37. The molecule has 0 spiro atoms. The highest BCUT2D eigenvalue weighted by atomic mass is 79.9. The third-order valence-corrected chi connectivity index (χ3v) is 3.57. The number of hydrogen-bond donors (Lipinski definition) is 0. The van der Waals surface area contributed by atoms with E-state index >= 15 is 0 Å². The smallest absolute Gasteiger partial charge is 0.178 e. The van der Waals surface area contributed by atoms with Crippen LogP contribution in [0.1, 0.15) is 0 Å². The molecule has 0 amide bonds. The summed E-state index contributed by atoms with van der Waals surface area (Å²) in [6.45, 7) is 0. The van der Waals surface area contributed by atoms with Gasteiger partial charge in [-0.1, -0.05) is 32.7 Å². The molecular formula is C14H9BrClNO2. The molecule has 5 heteroatoms. The molecular weight excluding hydrogens is 330 g/mol. The normalized spacial score (nSPS) is 10.9. The number of halogens is 2. The van der Waals surface area contributed by atoms with Crippen LogP contribution in [0.3, 0.4) is 0 Å². The molecule has 3 aromatic rings. The summed E-state index contributed by atoms with van der Waals surface area (Å²) < 4.78 is 11.7. The second kappa shape index (κ2) is 4.87. The van der Waals surface area contributed by atoms with E-state index in [1.54, 1.807) is 13.2 Å². The van der Waals surface area contributed by atoms with Crippen LogP contribution in [0.15, 0.2) is 45.4 Å². The topological polar surface area (TPSA) is 35.3 Å². The van der Waals surface area contributed by atoms with Crippen molar-refractivity contribution in [2.24, 2.45) is 0 Å². The molecule has 0 saturated heterocycles. The van der Waals surface area contributed by atoms with Crippen molar-refractivity contribution in [3.63, 3.8) is 0 Å². The Hall–Kier alpha value is -1.52. The third-order valence-electron chi connectivity index (χ3n) is 2.84. The van der Waals surface area contributed by atoms with Gasteiger partial charge in [0.05, 0.1) is 18.1 Å². The summed E-state index contributed by atoms with van der Waals surface area (Å²) in [6.07, 6.45) is 0. The summed E-state index contributed by atoms with van der Waals surface area (Å²) in [5.41, 5.74) is 1.60. The highest BCUT2D eigenvalue weighted by molar-refractivity contribution is 9.10. The van der Waals surface area contributed by atoms with Crippen molar-refractivity contribution in [2.45, 2.75) is 0 Å². The van der Waals surface area contributed by atoms with Crippen LogP contribution >= 0.6 is 27.5 Å². The van der Waals surface area contributed by atoms with Gasteiger partial charge in [-0.2, -0.15) is 0 Å². The molecule has 1 aromatic heterocycles. The van der Waals surface area contributed by atoms with Crippen LogP contribution < -0.4 is 4.74 Å². The van der Waals surface area contributed by atoms with E-state index in [2.05, 4.69) is 21.1 Å². The largest absolute Gasteiger partial charge is 0.496 e. The predicted molar refractivity (Wildman–Crippen MR) is 78.7 cm³/mol. The van der Waals surface area contributed by atoms with Crippen LogP contribution in [-0.4, -0.2) is 12.3 Å². The second-order valence-electron chi connectivity index (χ2n) is 4.02. The predicted octanol–water partition coefficient (Wildman–Crippen LogP) is 4.92. The fraction of sp³-hybridized carbons (Fsp3) is 0.0714. The Morgan fingerprint density at radius 1 is 1.21 bits per heavy atom. The van der Waals surface area contributed by atoms with Crippen LogP contribution in [-0.2, 0) is 0 Å².